The molecule has 2 heterocycles. The fourth-order valence-electron chi connectivity index (χ4n) is 1.37. The summed E-state index contributed by atoms with van der Waals surface area (Å²) in [6.07, 6.45) is 1.36. The van der Waals surface area contributed by atoms with Crippen LogP contribution in [0.5, 0.6) is 0 Å². The Morgan fingerprint density at radius 2 is 2.32 bits per heavy atom. The number of ether oxygens (including phenoxy) is 1. The number of aromatic nitrogens is 3. The van der Waals surface area contributed by atoms with Gasteiger partial charge in [0.05, 0.1) is 12.2 Å². The molecule has 1 atom stereocenters. The van der Waals surface area contributed by atoms with Gasteiger partial charge in [0, 0.05) is 12.5 Å². The molecule has 0 amide bonds. The summed E-state index contributed by atoms with van der Waals surface area (Å²) in [5.74, 6) is 0.759. The van der Waals surface area contributed by atoms with Crippen molar-refractivity contribution in [1.29, 1.82) is 0 Å². The highest BCUT2D eigenvalue weighted by atomic mass is 35.5. The normalized spacial score (nSPS) is 12.4. The van der Waals surface area contributed by atoms with Crippen LogP contribution in [0.15, 0.2) is 11.7 Å². The number of nitrogens with zero attached hydrogens (tertiary/aromatic N) is 3. The number of methoxy groups -OCH3 is 1. The second kappa shape index (κ2) is 6.14. The summed E-state index contributed by atoms with van der Waals surface area (Å²) in [6, 6.07) is 0. The Hall–Kier alpha value is -1.44. The minimum Gasteiger partial charge on any atom is -0.382 e. The molecule has 0 aliphatic rings. The van der Waals surface area contributed by atoms with Crippen LogP contribution in [0.1, 0.15) is 23.7 Å². The Kier molecular flexibility index (Phi) is 4.52. The first-order valence-electron chi connectivity index (χ1n) is 5.58. The van der Waals surface area contributed by atoms with Crippen LogP contribution in [0.3, 0.4) is 0 Å². The van der Waals surface area contributed by atoms with Crippen LogP contribution < -0.4 is 11.1 Å². The molecule has 102 valence electrons. The predicted molar refractivity (Wildman–Crippen MR) is 76.3 cm³/mol. The van der Waals surface area contributed by atoms with Crippen molar-refractivity contribution < 1.29 is 4.74 Å². The number of rotatable bonds is 5. The molecule has 0 unspecified atom stereocenters. The number of nitrogen functional groups attached to an aromatic ring is 1. The number of hydrogen-bond donors (Lipinski definition) is 2. The molecule has 0 aliphatic carbocycles. The van der Waals surface area contributed by atoms with Gasteiger partial charge in [-0.3, -0.25) is 0 Å². The lowest BCUT2D eigenvalue weighted by Crippen LogP contribution is -2.05. The Morgan fingerprint density at radius 3 is 3.05 bits per heavy atom. The number of halogens is 1. The van der Waals surface area contributed by atoms with Gasteiger partial charge in [-0.15, -0.1) is 11.3 Å². The summed E-state index contributed by atoms with van der Waals surface area (Å²) in [5, 5.41) is 6.31. The van der Waals surface area contributed by atoms with E-state index >= 15 is 0 Å². The average Bonchev–Trinajstić information content (AvgIpc) is 2.88. The lowest BCUT2D eigenvalue weighted by molar-refractivity contribution is 0.119. The van der Waals surface area contributed by atoms with E-state index < -0.39 is 0 Å². The third-order valence-corrected chi connectivity index (χ3v) is 3.95. The Balaban J connectivity index is 2.02. The third kappa shape index (κ3) is 3.31. The average molecular weight is 300 g/mol. The van der Waals surface area contributed by atoms with Gasteiger partial charge >= 0.3 is 0 Å². The molecule has 0 bridgehead atoms. The largest absolute Gasteiger partial charge is 0.382 e. The molecule has 0 aliphatic heterocycles. The van der Waals surface area contributed by atoms with Crippen molar-refractivity contribution in [1.82, 2.24) is 15.0 Å². The van der Waals surface area contributed by atoms with Crippen molar-refractivity contribution in [2.24, 2.45) is 0 Å². The molecule has 2 aromatic rings. The lowest BCUT2D eigenvalue weighted by Gasteiger charge is -2.06. The molecular formula is C11H14ClN5OS. The van der Waals surface area contributed by atoms with E-state index in [9.17, 15) is 0 Å². The summed E-state index contributed by atoms with van der Waals surface area (Å²) in [4.78, 5) is 12.3. The molecule has 19 heavy (non-hydrogen) atoms. The fourth-order valence-corrected chi connectivity index (χ4v) is 2.39. The van der Waals surface area contributed by atoms with Crippen LogP contribution >= 0.6 is 22.9 Å². The molecule has 0 aromatic carbocycles. The number of nitrogens with one attached hydrogen (secondary N) is 1. The highest BCUT2D eigenvalue weighted by Crippen LogP contribution is 2.24. The minimum atomic E-state index is -0.00275. The molecule has 0 fully saturated rings. The molecule has 0 saturated heterocycles. The number of thiazole rings is 1. The van der Waals surface area contributed by atoms with Crippen molar-refractivity contribution in [2.45, 2.75) is 19.6 Å². The lowest BCUT2D eigenvalue weighted by atomic mass is 10.4. The summed E-state index contributed by atoms with van der Waals surface area (Å²) in [7, 11) is 1.66. The van der Waals surface area contributed by atoms with Gasteiger partial charge in [-0.25, -0.2) is 15.0 Å². The van der Waals surface area contributed by atoms with Crippen molar-refractivity contribution in [3.63, 3.8) is 0 Å². The van der Waals surface area contributed by atoms with E-state index in [4.69, 9.17) is 22.1 Å². The highest BCUT2D eigenvalue weighted by Gasteiger charge is 2.10. The van der Waals surface area contributed by atoms with E-state index in [1.807, 2.05) is 12.3 Å². The Labute approximate surface area is 120 Å². The van der Waals surface area contributed by atoms with Gasteiger partial charge in [0.25, 0.3) is 0 Å². The zero-order valence-corrected chi connectivity index (χ0v) is 12.1. The molecule has 0 spiro atoms. The van der Waals surface area contributed by atoms with Gasteiger partial charge < -0.3 is 15.8 Å². The van der Waals surface area contributed by atoms with Gasteiger partial charge in [0.1, 0.15) is 28.3 Å². The van der Waals surface area contributed by atoms with Crippen molar-refractivity contribution in [2.75, 3.05) is 18.2 Å². The first kappa shape index (κ1) is 14.0. The predicted octanol–water partition coefficient (Wildman–Crippen LogP) is 2.49. The summed E-state index contributed by atoms with van der Waals surface area (Å²) in [5.41, 5.74) is 6.50. The van der Waals surface area contributed by atoms with Gasteiger partial charge in [-0.1, -0.05) is 11.6 Å². The van der Waals surface area contributed by atoms with E-state index in [1.54, 1.807) is 18.4 Å². The Morgan fingerprint density at radius 1 is 1.53 bits per heavy atom. The van der Waals surface area contributed by atoms with Crippen molar-refractivity contribution in [3.8, 4) is 0 Å². The molecule has 8 heteroatoms. The maximum absolute atomic E-state index is 5.99. The maximum atomic E-state index is 5.99. The first-order valence-corrected chi connectivity index (χ1v) is 6.84. The zero-order valence-electron chi connectivity index (χ0n) is 10.6. The minimum absolute atomic E-state index is 0.00275. The van der Waals surface area contributed by atoms with Gasteiger partial charge in [0.2, 0.25) is 0 Å². The molecule has 6 nitrogen and oxygen atoms in total. The van der Waals surface area contributed by atoms with Gasteiger partial charge in [-0.2, -0.15) is 0 Å². The summed E-state index contributed by atoms with van der Waals surface area (Å²) >= 11 is 7.55. The van der Waals surface area contributed by atoms with Crippen LogP contribution in [0.4, 0.5) is 11.6 Å². The van der Waals surface area contributed by atoms with Crippen LogP contribution in [-0.4, -0.2) is 22.1 Å². The number of hydrogen-bond acceptors (Lipinski definition) is 7. The standard InChI is InChI=1S/C11H14ClN5OS/c1-6(18-2)11-17-7(4-19-11)3-14-10-8(12)9(13)15-5-16-10/h4-6H,3H2,1-2H3,(H3,13,14,15,16)/t6-/m0/s1. The number of anilines is 2. The highest BCUT2D eigenvalue weighted by molar-refractivity contribution is 7.09. The third-order valence-electron chi connectivity index (χ3n) is 2.52. The smallest absolute Gasteiger partial charge is 0.150 e. The van der Waals surface area contributed by atoms with Crippen molar-refractivity contribution >= 4 is 34.6 Å². The van der Waals surface area contributed by atoms with Crippen molar-refractivity contribution in [3.05, 3.63) is 27.4 Å². The maximum Gasteiger partial charge on any atom is 0.150 e. The van der Waals surface area contributed by atoms with E-state index in [2.05, 4.69) is 20.3 Å². The zero-order chi connectivity index (χ0) is 13.8. The van der Waals surface area contributed by atoms with Crippen LogP contribution in [0.2, 0.25) is 5.02 Å². The molecule has 0 saturated carbocycles. The molecular weight excluding hydrogens is 286 g/mol. The van der Waals surface area contributed by atoms with Gasteiger partial charge in [-0.05, 0) is 6.92 Å². The topological polar surface area (TPSA) is 86.0 Å². The summed E-state index contributed by atoms with van der Waals surface area (Å²) in [6.45, 7) is 2.47. The second-order valence-corrected chi connectivity index (χ2v) is 5.10. The monoisotopic (exact) mass is 299 g/mol. The van der Waals surface area contributed by atoms with E-state index in [0.29, 0.717) is 17.4 Å². The van der Waals surface area contributed by atoms with E-state index in [-0.39, 0.29) is 11.9 Å². The van der Waals surface area contributed by atoms with Crippen LogP contribution in [-0.2, 0) is 11.3 Å². The molecule has 2 aromatic heterocycles. The quantitative estimate of drug-likeness (QED) is 0.882. The van der Waals surface area contributed by atoms with Crippen LogP contribution in [0, 0.1) is 0 Å². The SMILES string of the molecule is CO[C@@H](C)c1nc(CNc2ncnc(N)c2Cl)cs1. The molecule has 0 radical (unpaired) electrons. The molecule has 3 N–H and O–H groups in total. The fraction of sp³-hybridized carbons (Fsp3) is 0.364. The Bertz CT molecular complexity index is 562. The van der Waals surface area contributed by atoms with Gasteiger partial charge in [0.15, 0.2) is 5.82 Å². The van der Waals surface area contributed by atoms with E-state index in [1.165, 1.54) is 6.33 Å². The second-order valence-electron chi connectivity index (χ2n) is 3.83. The van der Waals surface area contributed by atoms with Crippen LogP contribution in [0.25, 0.3) is 0 Å². The number of nitrogens with two attached hydrogens (primary N) is 1. The molecule has 2 rings (SSSR count). The summed E-state index contributed by atoms with van der Waals surface area (Å²) < 4.78 is 5.22. The van der Waals surface area contributed by atoms with E-state index in [0.717, 1.165) is 10.7 Å². The first-order chi connectivity index (χ1) is 9.11.